The van der Waals surface area contributed by atoms with Gasteiger partial charge < -0.3 is 9.47 Å². The lowest BCUT2D eigenvalue weighted by Gasteiger charge is -2.34. The van der Waals surface area contributed by atoms with E-state index in [4.69, 9.17) is 9.47 Å². The molecule has 1 aliphatic heterocycles. The van der Waals surface area contributed by atoms with E-state index >= 15 is 0 Å². The molecule has 0 aromatic heterocycles. The quantitative estimate of drug-likeness (QED) is 0.746. The molecule has 0 spiro atoms. The second kappa shape index (κ2) is 4.98. The molecule has 1 amide bonds. The van der Waals surface area contributed by atoms with Gasteiger partial charge in [-0.25, -0.2) is 4.79 Å². The van der Waals surface area contributed by atoms with E-state index in [9.17, 15) is 4.79 Å². The van der Waals surface area contributed by atoms with Gasteiger partial charge in [0.15, 0.2) is 0 Å². The van der Waals surface area contributed by atoms with Gasteiger partial charge in [-0.3, -0.25) is 4.90 Å². The van der Waals surface area contributed by atoms with Crippen LogP contribution in [0.2, 0.25) is 0 Å². The molecule has 0 radical (unpaired) electrons. The summed E-state index contributed by atoms with van der Waals surface area (Å²) in [4.78, 5) is 15.5. The summed E-state index contributed by atoms with van der Waals surface area (Å²) < 4.78 is 11.0. The predicted molar refractivity (Wildman–Crippen MR) is 70.0 cm³/mol. The molecule has 1 aliphatic rings. The molecule has 17 heavy (non-hydrogen) atoms. The highest BCUT2D eigenvalue weighted by atomic mass is 79.9. The van der Waals surface area contributed by atoms with E-state index < -0.39 is 11.3 Å². The predicted octanol–water partition coefficient (Wildman–Crippen LogP) is 3.27. The van der Waals surface area contributed by atoms with Crippen molar-refractivity contribution in [3.8, 4) is 0 Å². The van der Waals surface area contributed by atoms with Crippen LogP contribution in [0.4, 0.5) is 4.79 Å². The number of carbonyl (C=O) groups excluding carboxylic acids is 1. The van der Waals surface area contributed by atoms with Crippen molar-refractivity contribution in [1.82, 2.24) is 4.90 Å². The maximum absolute atomic E-state index is 12.1. The van der Waals surface area contributed by atoms with Gasteiger partial charge in [0.05, 0.1) is 12.6 Å². The van der Waals surface area contributed by atoms with Crippen molar-refractivity contribution in [2.75, 3.05) is 6.61 Å². The first kappa shape index (κ1) is 14.5. The van der Waals surface area contributed by atoms with Crippen molar-refractivity contribution in [2.24, 2.45) is 0 Å². The molecular weight excluding hydrogens is 286 g/mol. The second-order valence-corrected chi connectivity index (χ2v) is 6.02. The summed E-state index contributed by atoms with van der Waals surface area (Å²) in [5.41, 5.74) is -1.14. The van der Waals surface area contributed by atoms with Crippen LogP contribution in [0.5, 0.6) is 0 Å². The van der Waals surface area contributed by atoms with Gasteiger partial charge in [0.2, 0.25) is 0 Å². The first-order valence-corrected chi connectivity index (χ1v) is 6.52. The van der Waals surface area contributed by atoms with Crippen LogP contribution in [0.25, 0.3) is 0 Å². The number of hydrogen-bond acceptors (Lipinski definition) is 3. The topological polar surface area (TPSA) is 38.8 Å². The van der Waals surface area contributed by atoms with Gasteiger partial charge in [-0.2, -0.15) is 0 Å². The Bertz CT molecular complexity index is 320. The van der Waals surface area contributed by atoms with Gasteiger partial charge in [0, 0.05) is 0 Å². The molecule has 1 atom stereocenters. The Kier molecular flexibility index (Phi) is 4.25. The van der Waals surface area contributed by atoms with Crippen LogP contribution in [-0.2, 0) is 9.47 Å². The molecule has 98 valence electrons. The van der Waals surface area contributed by atoms with Gasteiger partial charge in [-0.1, -0.05) is 22.0 Å². The Balaban J connectivity index is 2.86. The lowest BCUT2D eigenvalue weighted by Crippen LogP contribution is -2.49. The minimum Gasteiger partial charge on any atom is -0.444 e. The number of halogens is 1. The van der Waals surface area contributed by atoms with Crippen molar-refractivity contribution in [3.05, 3.63) is 11.1 Å². The molecule has 4 nitrogen and oxygen atoms in total. The summed E-state index contributed by atoms with van der Waals surface area (Å²) in [6, 6.07) is -0.0979. The highest BCUT2D eigenvalue weighted by Gasteiger charge is 2.44. The zero-order chi connectivity index (χ0) is 13.3. The fourth-order valence-corrected chi connectivity index (χ4v) is 2.08. The molecule has 0 aliphatic carbocycles. The molecule has 5 heteroatoms. The van der Waals surface area contributed by atoms with E-state index in [2.05, 4.69) is 15.9 Å². The maximum atomic E-state index is 12.1. The fraction of sp³-hybridized carbons (Fsp3) is 0.750. The third-order valence-electron chi connectivity index (χ3n) is 2.40. The molecular formula is C12H20BrNO3. The van der Waals surface area contributed by atoms with Crippen LogP contribution in [0.3, 0.4) is 0 Å². The normalized spacial score (nSPS) is 24.4. The smallest absolute Gasteiger partial charge is 0.413 e. The summed E-state index contributed by atoms with van der Waals surface area (Å²) in [7, 11) is 0. The van der Waals surface area contributed by atoms with Crippen LogP contribution in [0.1, 0.15) is 34.6 Å². The lowest BCUT2D eigenvalue weighted by molar-refractivity contribution is -0.0610. The summed E-state index contributed by atoms with van der Waals surface area (Å²) in [5.74, 6) is 0. The van der Waals surface area contributed by atoms with Crippen LogP contribution in [-0.4, -0.2) is 35.0 Å². The Morgan fingerprint density at radius 1 is 1.53 bits per heavy atom. The highest BCUT2D eigenvalue weighted by molar-refractivity contribution is 9.11. The van der Waals surface area contributed by atoms with E-state index in [0.717, 1.165) is 0 Å². The average Bonchev–Trinajstić information content (AvgIpc) is 2.39. The molecule has 0 bridgehead atoms. The van der Waals surface area contributed by atoms with Crippen LogP contribution in [0, 0.1) is 0 Å². The Labute approximate surface area is 111 Å². The number of carbonyl (C=O) groups is 1. The maximum Gasteiger partial charge on any atom is 0.413 e. The van der Waals surface area contributed by atoms with Gasteiger partial charge >= 0.3 is 6.09 Å². The Hall–Kier alpha value is -0.550. The fourth-order valence-electron chi connectivity index (χ4n) is 1.72. The van der Waals surface area contributed by atoms with E-state index in [0.29, 0.717) is 6.61 Å². The number of hydrogen-bond donors (Lipinski definition) is 0. The van der Waals surface area contributed by atoms with Crippen LogP contribution >= 0.6 is 15.9 Å². The van der Waals surface area contributed by atoms with Crippen molar-refractivity contribution in [3.63, 3.8) is 0 Å². The zero-order valence-corrected chi connectivity index (χ0v) is 12.6. The van der Waals surface area contributed by atoms with Gasteiger partial charge in [0.1, 0.15) is 11.3 Å². The number of ether oxygens (including phenoxy) is 2. The second-order valence-electron chi connectivity index (χ2n) is 5.49. The molecule has 1 heterocycles. The lowest BCUT2D eigenvalue weighted by atomic mass is 10.2. The average molecular weight is 306 g/mol. The van der Waals surface area contributed by atoms with Crippen LogP contribution in [0.15, 0.2) is 11.1 Å². The number of rotatable bonds is 1. The van der Waals surface area contributed by atoms with E-state index in [1.807, 2.05) is 40.7 Å². The number of nitrogens with zero attached hydrogens (tertiary/aromatic N) is 1. The van der Waals surface area contributed by atoms with Crippen LogP contribution < -0.4 is 0 Å². The summed E-state index contributed by atoms with van der Waals surface area (Å²) in [6.07, 6.45) is 1.52. The molecule has 0 aromatic carbocycles. The largest absolute Gasteiger partial charge is 0.444 e. The number of amides is 1. The van der Waals surface area contributed by atoms with E-state index in [1.165, 1.54) is 0 Å². The van der Waals surface area contributed by atoms with E-state index in [1.54, 1.807) is 9.89 Å². The first-order chi connectivity index (χ1) is 7.67. The standard InChI is InChI=1S/C12H20BrNO3/c1-11(2,3)17-10(15)14-9(6-7-13)8-16-12(14,4)5/h6-7,9H,8H2,1-5H3/b7-6+/t9-/m1/s1. The molecule has 1 rings (SSSR count). The van der Waals surface area contributed by atoms with Crippen molar-refractivity contribution >= 4 is 22.0 Å². The minimum atomic E-state index is -0.639. The molecule has 0 aromatic rings. The monoisotopic (exact) mass is 305 g/mol. The van der Waals surface area contributed by atoms with Gasteiger partial charge in [0.25, 0.3) is 0 Å². The zero-order valence-electron chi connectivity index (χ0n) is 11.0. The highest BCUT2D eigenvalue weighted by Crippen LogP contribution is 2.30. The SMILES string of the molecule is CC(C)(C)OC(=O)N1[C@H](/C=C/Br)COC1(C)C. The molecule has 1 fully saturated rings. The van der Waals surface area contributed by atoms with E-state index in [-0.39, 0.29) is 12.1 Å². The molecule has 0 saturated carbocycles. The summed E-state index contributed by atoms with van der Waals surface area (Å²) >= 11 is 3.22. The van der Waals surface area contributed by atoms with Gasteiger partial charge in [-0.05, 0) is 39.6 Å². The summed E-state index contributed by atoms with van der Waals surface area (Å²) in [6.45, 7) is 9.75. The van der Waals surface area contributed by atoms with Gasteiger partial charge in [-0.15, -0.1) is 0 Å². The Morgan fingerprint density at radius 2 is 2.12 bits per heavy atom. The Morgan fingerprint density at radius 3 is 2.59 bits per heavy atom. The first-order valence-electron chi connectivity index (χ1n) is 5.60. The minimum absolute atomic E-state index is 0.0979. The molecule has 0 N–H and O–H groups in total. The third-order valence-corrected chi connectivity index (χ3v) is 2.71. The molecule has 1 saturated heterocycles. The van der Waals surface area contributed by atoms with Crippen molar-refractivity contribution < 1.29 is 14.3 Å². The van der Waals surface area contributed by atoms with Crippen molar-refractivity contribution in [2.45, 2.75) is 52.0 Å². The summed E-state index contributed by atoms with van der Waals surface area (Å²) in [5, 5.41) is 0. The van der Waals surface area contributed by atoms with Crippen molar-refractivity contribution in [1.29, 1.82) is 0 Å². The third kappa shape index (κ3) is 3.71. The molecule has 0 unspecified atom stereocenters.